The lowest BCUT2D eigenvalue weighted by Crippen LogP contribution is -2.35. The minimum atomic E-state index is 0.0787. The van der Waals surface area contributed by atoms with Crippen LogP contribution in [0.2, 0.25) is 0 Å². The van der Waals surface area contributed by atoms with Crippen molar-refractivity contribution < 1.29 is 4.79 Å². The largest absolute Gasteiger partial charge is 0.346 e. The molecule has 1 aliphatic carbocycles. The Labute approximate surface area is 124 Å². The van der Waals surface area contributed by atoms with E-state index in [1.54, 1.807) is 6.20 Å². The Kier molecular flexibility index (Phi) is 3.92. The molecule has 4 N–H and O–H groups in total. The molecule has 0 saturated heterocycles. The molecule has 0 spiro atoms. The first-order chi connectivity index (χ1) is 10.2. The first-order valence-corrected chi connectivity index (χ1v) is 7.62. The highest BCUT2D eigenvalue weighted by Gasteiger charge is 2.31. The van der Waals surface area contributed by atoms with Crippen molar-refractivity contribution >= 4 is 22.6 Å². The van der Waals surface area contributed by atoms with Crippen LogP contribution in [0.5, 0.6) is 0 Å². The highest BCUT2D eigenvalue weighted by molar-refractivity contribution is 6.01. The van der Waals surface area contributed by atoms with E-state index in [0.717, 1.165) is 42.5 Å². The van der Waals surface area contributed by atoms with Gasteiger partial charge >= 0.3 is 0 Å². The van der Waals surface area contributed by atoms with Gasteiger partial charge in [-0.25, -0.2) is 4.98 Å². The van der Waals surface area contributed by atoms with Crippen molar-refractivity contribution in [3.8, 4) is 0 Å². The summed E-state index contributed by atoms with van der Waals surface area (Å²) >= 11 is 0. The molecule has 0 bridgehead atoms. The van der Waals surface area contributed by atoms with Crippen LogP contribution in [0, 0.1) is 17.8 Å². The summed E-state index contributed by atoms with van der Waals surface area (Å²) in [6.45, 7) is 2.89. The van der Waals surface area contributed by atoms with E-state index in [9.17, 15) is 4.79 Å². The maximum atomic E-state index is 12.6. The number of carbonyl (C=O) groups is 1. The van der Waals surface area contributed by atoms with Crippen molar-refractivity contribution in [2.75, 3.05) is 11.9 Å². The number of rotatable bonds is 3. The lowest BCUT2D eigenvalue weighted by atomic mass is 9.74. The Morgan fingerprint density at radius 3 is 3.10 bits per heavy atom. The van der Waals surface area contributed by atoms with Crippen LogP contribution in [-0.2, 0) is 4.79 Å². The maximum absolute atomic E-state index is 12.6. The summed E-state index contributed by atoms with van der Waals surface area (Å²) in [6.07, 6.45) is 6.57. The van der Waals surface area contributed by atoms with Crippen LogP contribution in [0.3, 0.4) is 0 Å². The first-order valence-electron chi connectivity index (χ1n) is 7.62. The number of hydrogen-bond donors (Lipinski definition) is 3. The van der Waals surface area contributed by atoms with Gasteiger partial charge in [-0.1, -0.05) is 6.92 Å². The highest BCUT2D eigenvalue weighted by atomic mass is 16.1. The van der Waals surface area contributed by atoms with Gasteiger partial charge in [0, 0.05) is 23.7 Å². The van der Waals surface area contributed by atoms with E-state index in [4.69, 9.17) is 5.73 Å². The van der Waals surface area contributed by atoms with E-state index in [-0.39, 0.29) is 11.8 Å². The van der Waals surface area contributed by atoms with Crippen LogP contribution in [0.4, 0.5) is 5.69 Å². The predicted molar refractivity (Wildman–Crippen MR) is 83.8 cm³/mol. The van der Waals surface area contributed by atoms with Gasteiger partial charge in [-0.3, -0.25) is 4.79 Å². The second kappa shape index (κ2) is 5.85. The third kappa shape index (κ3) is 2.78. The zero-order valence-electron chi connectivity index (χ0n) is 12.3. The highest BCUT2D eigenvalue weighted by Crippen LogP contribution is 2.34. The molecule has 5 nitrogen and oxygen atoms in total. The molecule has 21 heavy (non-hydrogen) atoms. The zero-order chi connectivity index (χ0) is 14.8. The number of pyridine rings is 1. The molecule has 1 aliphatic rings. The molecule has 1 saturated carbocycles. The molecule has 3 atom stereocenters. The molecule has 112 valence electrons. The zero-order valence-corrected chi connectivity index (χ0v) is 12.3. The van der Waals surface area contributed by atoms with E-state index in [0.29, 0.717) is 11.8 Å². The van der Waals surface area contributed by atoms with Gasteiger partial charge in [0.15, 0.2) is 0 Å². The van der Waals surface area contributed by atoms with Crippen molar-refractivity contribution in [1.82, 2.24) is 9.97 Å². The summed E-state index contributed by atoms with van der Waals surface area (Å²) in [6, 6.07) is 3.79. The van der Waals surface area contributed by atoms with Gasteiger partial charge in [-0.05, 0) is 49.8 Å². The number of aromatic nitrogens is 2. The van der Waals surface area contributed by atoms with Crippen LogP contribution in [-0.4, -0.2) is 22.4 Å². The second-order valence-electron chi connectivity index (χ2n) is 6.09. The molecule has 0 unspecified atom stereocenters. The molecule has 0 aliphatic heterocycles. The van der Waals surface area contributed by atoms with E-state index >= 15 is 0 Å². The summed E-state index contributed by atoms with van der Waals surface area (Å²) in [4.78, 5) is 19.9. The van der Waals surface area contributed by atoms with Gasteiger partial charge in [-0.15, -0.1) is 0 Å². The SMILES string of the molecule is C[C@@H]1C[C@@H](CN)CC[C@H]1C(=O)Nc1ccnc2[nH]ccc12. The minimum absolute atomic E-state index is 0.0787. The summed E-state index contributed by atoms with van der Waals surface area (Å²) in [5.74, 6) is 1.15. The third-order valence-corrected chi connectivity index (χ3v) is 4.67. The van der Waals surface area contributed by atoms with Crippen molar-refractivity contribution in [1.29, 1.82) is 0 Å². The summed E-state index contributed by atoms with van der Waals surface area (Å²) < 4.78 is 0. The summed E-state index contributed by atoms with van der Waals surface area (Å²) in [5.41, 5.74) is 7.38. The fourth-order valence-electron chi connectivity index (χ4n) is 3.41. The number of anilines is 1. The Balaban J connectivity index is 1.73. The summed E-state index contributed by atoms with van der Waals surface area (Å²) in [5, 5.41) is 4.03. The number of aromatic amines is 1. The Morgan fingerprint density at radius 2 is 2.33 bits per heavy atom. The summed E-state index contributed by atoms with van der Waals surface area (Å²) in [7, 11) is 0. The molecular formula is C16H22N4O. The number of amides is 1. The Hall–Kier alpha value is -1.88. The van der Waals surface area contributed by atoms with Crippen molar-refractivity contribution in [2.24, 2.45) is 23.5 Å². The number of fused-ring (bicyclic) bond motifs is 1. The van der Waals surface area contributed by atoms with Gasteiger partial charge in [0.05, 0.1) is 5.69 Å². The number of nitrogens with zero attached hydrogens (tertiary/aromatic N) is 1. The monoisotopic (exact) mass is 286 g/mol. The lowest BCUT2D eigenvalue weighted by Gasteiger charge is -2.32. The van der Waals surface area contributed by atoms with Gasteiger partial charge in [-0.2, -0.15) is 0 Å². The standard InChI is InChI=1S/C16H22N4O/c1-10-8-11(9-17)2-3-12(10)16(21)20-14-5-7-19-15-13(14)4-6-18-15/h4-7,10-12H,2-3,8-9,17H2,1H3,(H2,18,19,20,21)/t10-,11+,12-/m1/s1. The average Bonchev–Trinajstić information content (AvgIpc) is 2.96. The number of carbonyl (C=O) groups excluding carboxylic acids is 1. The molecule has 2 aromatic heterocycles. The molecule has 1 fully saturated rings. The van der Waals surface area contributed by atoms with Crippen molar-refractivity contribution in [3.63, 3.8) is 0 Å². The van der Waals surface area contributed by atoms with E-state index in [2.05, 4.69) is 22.2 Å². The van der Waals surface area contributed by atoms with Gasteiger partial charge < -0.3 is 16.0 Å². The van der Waals surface area contributed by atoms with E-state index in [1.165, 1.54) is 0 Å². The quantitative estimate of drug-likeness (QED) is 0.810. The van der Waals surface area contributed by atoms with Crippen molar-refractivity contribution in [2.45, 2.75) is 26.2 Å². The fraction of sp³-hybridized carbons (Fsp3) is 0.500. The average molecular weight is 286 g/mol. The second-order valence-corrected chi connectivity index (χ2v) is 6.09. The van der Waals surface area contributed by atoms with E-state index in [1.807, 2.05) is 18.3 Å². The lowest BCUT2D eigenvalue weighted by molar-refractivity contribution is -0.122. The maximum Gasteiger partial charge on any atom is 0.227 e. The number of H-pyrrole nitrogens is 1. The van der Waals surface area contributed by atoms with Crippen LogP contribution in [0.15, 0.2) is 24.5 Å². The van der Waals surface area contributed by atoms with Gasteiger partial charge in [0.25, 0.3) is 0 Å². The Morgan fingerprint density at radius 1 is 1.48 bits per heavy atom. The third-order valence-electron chi connectivity index (χ3n) is 4.67. The van der Waals surface area contributed by atoms with Crippen molar-refractivity contribution in [3.05, 3.63) is 24.5 Å². The molecule has 5 heteroatoms. The fourth-order valence-corrected chi connectivity index (χ4v) is 3.41. The number of nitrogens with two attached hydrogens (primary N) is 1. The Bertz CT molecular complexity index is 636. The molecule has 0 aromatic carbocycles. The van der Waals surface area contributed by atoms with E-state index < -0.39 is 0 Å². The molecule has 2 aromatic rings. The topological polar surface area (TPSA) is 83.8 Å². The first kappa shape index (κ1) is 14.1. The normalized spacial score (nSPS) is 25.9. The molecule has 1 amide bonds. The molecule has 2 heterocycles. The predicted octanol–water partition coefficient (Wildman–Crippen LogP) is 2.51. The van der Waals surface area contributed by atoms with Crippen LogP contribution in [0.1, 0.15) is 26.2 Å². The van der Waals surface area contributed by atoms with Crippen LogP contribution >= 0.6 is 0 Å². The van der Waals surface area contributed by atoms with Crippen LogP contribution < -0.4 is 11.1 Å². The molecular weight excluding hydrogens is 264 g/mol. The van der Waals surface area contributed by atoms with Gasteiger partial charge in [0.1, 0.15) is 5.65 Å². The molecule has 3 rings (SSSR count). The number of hydrogen-bond acceptors (Lipinski definition) is 3. The molecule has 0 radical (unpaired) electrons. The minimum Gasteiger partial charge on any atom is -0.346 e. The van der Waals surface area contributed by atoms with Crippen LogP contribution in [0.25, 0.3) is 11.0 Å². The number of nitrogens with one attached hydrogen (secondary N) is 2. The van der Waals surface area contributed by atoms with Gasteiger partial charge in [0.2, 0.25) is 5.91 Å². The smallest absolute Gasteiger partial charge is 0.227 e.